The van der Waals surface area contributed by atoms with Crippen molar-refractivity contribution in [1.82, 2.24) is 0 Å². The Labute approximate surface area is 105 Å². The van der Waals surface area contributed by atoms with Crippen LogP contribution in [0.3, 0.4) is 0 Å². The van der Waals surface area contributed by atoms with Gasteiger partial charge in [0.05, 0.1) is 5.56 Å². The van der Waals surface area contributed by atoms with Crippen molar-refractivity contribution >= 4 is 22.4 Å². The maximum Gasteiger partial charge on any atom is 0.139 e. The predicted molar refractivity (Wildman–Crippen MR) is 70.9 cm³/mol. The normalized spacial score (nSPS) is 10.8. The third-order valence-electron chi connectivity index (χ3n) is 2.83. The van der Waals surface area contributed by atoms with E-state index < -0.39 is 0 Å². The van der Waals surface area contributed by atoms with Gasteiger partial charge < -0.3 is 0 Å². The van der Waals surface area contributed by atoms with Gasteiger partial charge in [-0.05, 0) is 35.1 Å². The number of hydrogen-bond donors (Lipinski definition) is 0. The summed E-state index contributed by atoms with van der Waals surface area (Å²) in [5.41, 5.74) is 1.31. The molecule has 0 nitrogen and oxygen atoms in total. The topological polar surface area (TPSA) is 0 Å². The molecule has 0 aliphatic rings. The molecule has 0 saturated heterocycles. The number of fused-ring (bicyclic) bond motifs is 1. The van der Waals surface area contributed by atoms with E-state index in [-0.39, 0.29) is 11.7 Å². The van der Waals surface area contributed by atoms with Gasteiger partial charge in [-0.15, -0.1) is 6.42 Å². The summed E-state index contributed by atoms with van der Waals surface area (Å²) in [5, 5.41) is 2.33. The third kappa shape index (κ3) is 2.01. The number of hydrogen-bond acceptors (Lipinski definition) is 0. The van der Waals surface area contributed by atoms with Crippen LogP contribution in [-0.2, 0) is 0 Å². The van der Waals surface area contributed by atoms with Crippen LogP contribution in [0.25, 0.3) is 10.8 Å². The van der Waals surface area contributed by atoms with E-state index in [4.69, 9.17) is 18.0 Å². The minimum atomic E-state index is -0.357. The van der Waals surface area contributed by atoms with Crippen molar-refractivity contribution in [2.45, 2.75) is 19.8 Å². The average molecular weight is 247 g/mol. The fourth-order valence-corrected chi connectivity index (χ4v) is 2.27. The van der Waals surface area contributed by atoms with Gasteiger partial charge in [0.15, 0.2) is 0 Å². The second-order valence-corrected chi connectivity index (χ2v) is 4.75. The van der Waals surface area contributed by atoms with Crippen LogP contribution in [-0.4, -0.2) is 0 Å². The summed E-state index contributed by atoms with van der Waals surface area (Å²) in [4.78, 5) is 0. The molecule has 0 radical (unpaired) electrons. The minimum Gasteiger partial charge on any atom is -0.206 e. The van der Waals surface area contributed by atoms with Gasteiger partial charge in [0.25, 0.3) is 0 Å². The Morgan fingerprint density at radius 3 is 2.59 bits per heavy atom. The molecule has 0 aliphatic heterocycles. The third-order valence-corrected chi connectivity index (χ3v) is 3.05. The first-order chi connectivity index (χ1) is 8.04. The van der Waals surface area contributed by atoms with Crippen LogP contribution in [0.15, 0.2) is 24.3 Å². The van der Waals surface area contributed by atoms with Crippen LogP contribution >= 0.6 is 11.6 Å². The zero-order valence-electron chi connectivity index (χ0n) is 9.72. The Balaban J connectivity index is 2.98. The van der Waals surface area contributed by atoms with Crippen molar-refractivity contribution < 1.29 is 4.39 Å². The lowest BCUT2D eigenvalue weighted by atomic mass is 9.92. The van der Waals surface area contributed by atoms with Gasteiger partial charge in [-0.2, -0.15) is 0 Å². The van der Waals surface area contributed by atoms with Crippen molar-refractivity contribution in [2.75, 3.05) is 0 Å². The van der Waals surface area contributed by atoms with Crippen molar-refractivity contribution in [3.05, 3.63) is 46.2 Å². The molecule has 0 spiro atoms. The first-order valence-corrected chi connectivity index (χ1v) is 5.80. The molecular weight excluding hydrogens is 235 g/mol. The van der Waals surface area contributed by atoms with Gasteiger partial charge in [-0.1, -0.05) is 37.4 Å². The van der Waals surface area contributed by atoms with Gasteiger partial charge in [-0.25, -0.2) is 4.39 Å². The molecule has 0 amide bonds. The highest BCUT2D eigenvalue weighted by molar-refractivity contribution is 6.31. The van der Waals surface area contributed by atoms with Crippen LogP contribution in [0.2, 0.25) is 5.02 Å². The number of halogens is 2. The monoisotopic (exact) mass is 246 g/mol. The minimum absolute atomic E-state index is 0.241. The molecule has 2 heteroatoms. The van der Waals surface area contributed by atoms with Crippen LogP contribution < -0.4 is 0 Å². The molecule has 17 heavy (non-hydrogen) atoms. The molecule has 0 heterocycles. The van der Waals surface area contributed by atoms with Crippen molar-refractivity contribution in [3.63, 3.8) is 0 Å². The van der Waals surface area contributed by atoms with Gasteiger partial charge >= 0.3 is 0 Å². The van der Waals surface area contributed by atoms with Crippen molar-refractivity contribution in [2.24, 2.45) is 0 Å². The summed E-state index contributed by atoms with van der Waals surface area (Å²) < 4.78 is 13.7. The Kier molecular flexibility index (Phi) is 3.09. The summed E-state index contributed by atoms with van der Waals surface area (Å²) in [7, 11) is 0. The second-order valence-electron chi connectivity index (χ2n) is 4.31. The van der Waals surface area contributed by atoms with Crippen molar-refractivity contribution in [1.29, 1.82) is 0 Å². The Morgan fingerprint density at radius 1 is 1.29 bits per heavy atom. The molecule has 0 unspecified atom stereocenters. The van der Waals surface area contributed by atoms with Crippen LogP contribution in [0.4, 0.5) is 4.39 Å². The quantitative estimate of drug-likeness (QED) is 0.638. The lowest BCUT2D eigenvalue weighted by molar-refractivity contribution is 0.626. The van der Waals surface area contributed by atoms with E-state index in [2.05, 4.69) is 5.92 Å². The molecule has 0 saturated carbocycles. The van der Waals surface area contributed by atoms with E-state index in [9.17, 15) is 4.39 Å². The summed E-state index contributed by atoms with van der Waals surface area (Å²) >= 11 is 6.06. The van der Waals surface area contributed by atoms with Crippen molar-refractivity contribution in [3.8, 4) is 12.3 Å². The van der Waals surface area contributed by atoms with Gasteiger partial charge in [-0.3, -0.25) is 0 Å². The van der Waals surface area contributed by atoms with E-state index in [0.717, 1.165) is 16.3 Å². The highest BCUT2D eigenvalue weighted by Gasteiger charge is 2.13. The molecule has 0 aromatic heterocycles. The van der Waals surface area contributed by atoms with Crippen LogP contribution in [0.5, 0.6) is 0 Å². The lowest BCUT2D eigenvalue weighted by Crippen LogP contribution is -1.95. The van der Waals surface area contributed by atoms with Crippen LogP contribution in [0.1, 0.15) is 30.9 Å². The average Bonchev–Trinajstić information content (AvgIpc) is 2.28. The fraction of sp³-hybridized carbons (Fsp3) is 0.200. The van der Waals surface area contributed by atoms with E-state index in [1.807, 2.05) is 26.0 Å². The Hall–Kier alpha value is -1.52. The second kappa shape index (κ2) is 4.39. The molecule has 0 atom stereocenters. The van der Waals surface area contributed by atoms with E-state index in [0.29, 0.717) is 10.6 Å². The lowest BCUT2D eigenvalue weighted by Gasteiger charge is -2.13. The SMILES string of the molecule is C#Cc1c(F)ccc2cc(Cl)cc(C(C)C)c12. The van der Waals surface area contributed by atoms with E-state index in [1.165, 1.54) is 6.07 Å². The molecule has 2 aromatic carbocycles. The maximum absolute atomic E-state index is 13.7. The molecule has 0 bridgehead atoms. The van der Waals surface area contributed by atoms with Gasteiger partial charge in [0.1, 0.15) is 5.82 Å². The summed E-state index contributed by atoms with van der Waals surface area (Å²) in [6.45, 7) is 4.08. The maximum atomic E-state index is 13.7. The van der Waals surface area contributed by atoms with Gasteiger partial charge in [0, 0.05) is 10.4 Å². The molecule has 0 aliphatic carbocycles. The van der Waals surface area contributed by atoms with Gasteiger partial charge in [0.2, 0.25) is 0 Å². The van der Waals surface area contributed by atoms with E-state index >= 15 is 0 Å². The Morgan fingerprint density at radius 2 is 2.00 bits per heavy atom. The largest absolute Gasteiger partial charge is 0.206 e. The number of benzene rings is 2. The summed E-state index contributed by atoms with van der Waals surface area (Å²) in [6, 6.07) is 6.76. The molecular formula is C15H12ClF. The van der Waals surface area contributed by atoms with Crippen LogP contribution in [0, 0.1) is 18.2 Å². The molecule has 2 rings (SSSR count). The molecule has 86 valence electrons. The summed E-state index contributed by atoms with van der Waals surface area (Å²) in [6.07, 6.45) is 5.40. The highest BCUT2D eigenvalue weighted by Crippen LogP contribution is 2.32. The zero-order chi connectivity index (χ0) is 12.6. The molecule has 2 aromatic rings. The standard InChI is InChI=1S/C15H12ClF/c1-4-12-14(17)6-5-10-7-11(16)8-13(9(2)3)15(10)12/h1,5-9H,2-3H3. The number of terminal acetylenes is 1. The first-order valence-electron chi connectivity index (χ1n) is 5.43. The molecule has 0 N–H and O–H groups in total. The first kappa shape index (κ1) is 12.0. The summed E-state index contributed by atoms with van der Waals surface area (Å²) in [5.74, 6) is 2.32. The molecule has 0 fully saturated rings. The smallest absolute Gasteiger partial charge is 0.139 e. The van der Waals surface area contributed by atoms with E-state index in [1.54, 1.807) is 6.07 Å². The predicted octanol–water partition coefficient (Wildman–Crippen LogP) is 4.74. The fourth-order valence-electron chi connectivity index (χ4n) is 2.03. The highest BCUT2D eigenvalue weighted by atomic mass is 35.5. The zero-order valence-corrected chi connectivity index (χ0v) is 10.5. The Bertz CT molecular complexity index is 621. The number of rotatable bonds is 1.